The standard InChI is InChI=1S/C29H38F4O/c1-4-6-8-9-15-34-25-14-13-23(27(31)29(25)33)21-12-11-20-17-22(16-19(3)10-7-5-2)26(30)28(32)24(20)18-21/h13-14,17,19,21H,4-12,15-16,18H2,1-3H3. The number of fused-ring (bicyclic) bond motifs is 1. The molecule has 1 aliphatic carbocycles. The van der Waals surface area contributed by atoms with Crippen molar-refractivity contribution < 1.29 is 22.3 Å². The minimum atomic E-state index is -0.998. The van der Waals surface area contributed by atoms with Crippen molar-refractivity contribution in [3.63, 3.8) is 0 Å². The molecule has 0 amide bonds. The van der Waals surface area contributed by atoms with E-state index in [0.717, 1.165) is 50.5 Å². The highest BCUT2D eigenvalue weighted by molar-refractivity contribution is 5.41. The zero-order valence-corrected chi connectivity index (χ0v) is 20.8. The molecule has 0 saturated heterocycles. The maximum Gasteiger partial charge on any atom is 0.200 e. The molecule has 0 fully saturated rings. The minimum absolute atomic E-state index is 0.0898. The molecule has 34 heavy (non-hydrogen) atoms. The molecule has 0 spiro atoms. The van der Waals surface area contributed by atoms with Crippen LogP contribution in [0.3, 0.4) is 0 Å². The molecule has 3 rings (SSSR count). The third-order valence-electron chi connectivity index (χ3n) is 7.08. The number of halogens is 4. The van der Waals surface area contributed by atoms with Gasteiger partial charge in [0.2, 0.25) is 5.82 Å². The van der Waals surface area contributed by atoms with E-state index in [1.54, 1.807) is 6.07 Å². The number of ether oxygens (including phenoxy) is 1. The lowest BCUT2D eigenvalue weighted by Crippen LogP contribution is -2.18. The lowest BCUT2D eigenvalue weighted by molar-refractivity contribution is 0.284. The Morgan fingerprint density at radius 2 is 1.68 bits per heavy atom. The summed E-state index contributed by atoms with van der Waals surface area (Å²) in [5.74, 6) is -3.76. The van der Waals surface area contributed by atoms with E-state index in [-0.39, 0.29) is 23.7 Å². The van der Waals surface area contributed by atoms with Crippen LogP contribution in [-0.4, -0.2) is 6.61 Å². The fourth-order valence-electron chi connectivity index (χ4n) is 5.03. The highest BCUT2D eigenvalue weighted by Crippen LogP contribution is 2.38. The second-order valence-electron chi connectivity index (χ2n) is 9.88. The molecule has 0 N–H and O–H groups in total. The van der Waals surface area contributed by atoms with E-state index in [1.807, 2.05) is 0 Å². The summed E-state index contributed by atoms with van der Waals surface area (Å²) in [6.45, 7) is 6.63. The van der Waals surface area contributed by atoms with Crippen LogP contribution in [0.5, 0.6) is 5.75 Å². The summed E-state index contributed by atoms with van der Waals surface area (Å²) >= 11 is 0. The van der Waals surface area contributed by atoms with Crippen LogP contribution >= 0.6 is 0 Å². The third kappa shape index (κ3) is 6.34. The predicted molar refractivity (Wildman–Crippen MR) is 130 cm³/mol. The Bertz CT molecular complexity index is 956. The second kappa shape index (κ2) is 12.6. The van der Waals surface area contributed by atoms with Gasteiger partial charge < -0.3 is 4.74 Å². The molecule has 0 radical (unpaired) electrons. The molecule has 0 bridgehead atoms. The van der Waals surface area contributed by atoms with Gasteiger partial charge in [0, 0.05) is 0 Å². The summed E-state index contributed by atoms with van der Waals surface area (Å²) in [4.78, 5) is 0. The monoisotopic (exact) mass is 478 g/mol. The maximum absolute atomic E-state index is 15.0. The zero-order valence-electron chi connectivity index (χ0n) is 20.8. The highest BCUT2D eigenvalue weighted by atomic mass is 19.2. The van der Waals surface area contributed by atoms with E-state index in [0.29, 0.717) is 37.0 Å². The molecule has 2 unspecified atom stereocenters. The van der Waals surface area contributed by atoms with Crippen molar-refractivity contribution in [1.82, 2.24) is 0 Å². The van der Waals surface area contributed by atoms with Crippen LogP contribution in [-0.2, 0) is 19.3 Å². The number of hydrogen-bond donors (Lipinski definition) is 0. The summed E-state index contributed by atoms with van der Waals surface area (Å²) in [6, 6.07) is 4.78. The molecule has 2 aromatic carbocycles. The fraction of sp³-hybridized carbons (Fsp3) is 0.586. The van der Waals surface area contributed by atoms with Gasteiger partial charge in [0.05, 0.1) is 6.61 Å². The first-order chi connectivity index (χ1) is 16.4. The Labute approximate surface area is 201 Å². The summed E-state index contributed by atoms with van der Waals surface area (Å²) < 4.78 is 64.9. The lowest BCUT2D eigenvalue weighted by atomic mass is 9.78. The molecule has 2 atom stereocenters. The Morgan fingerprint density at radius 3 is 2.41 bits per heavy atom. The van der Waals surface area contributed by atoms with Crippen LogP contribution in [0.4, 0.5) is 17.6 Å². The first-order valence-electron chi connectivity index (χ1n) is 13.0. The van der Waals surface area contributed by atoms with Gasteiger partial charge in [-0.1, -0.05) is 71.4 Å². The molecular formula is C29H38F4O. The second-order valence-corrected chi connectivity index (χ2v) is 9.88. The Kier molecular flexibility index (Phi) is 9.85. The van der Waals surface area contributed by atoms with E-state index in [1.165, 1.54) is 12.1 Å². The van der Waals surface area contributed by atoms with Gasteiger partial charge in [-0.05, 0) is 72.3 Å². The molecule has 1 aliphatic rings. The van der Waals surface area contributed by atoms with Gasteiger partial charge in [-0.15, -0.1) is 0 Å². The van der Waals surface area contributed by atoms with E-state index >= 15 is 4.39 Å². The highest BCUT2D eigenvalue weighted by Gasteiger charge is 2.29. The molecule has 0 saturated carbocycles. The van der Waals surface area contributed by atoms with Crippen LogP contribution in [0, 0.1) is 29.2 Å². The number of benzene rings is 2. The van der Waals surface area contributed by atoms with Gasteiger partial charge in [-0.25, -0.2) is 13.2 Å². The van der Waals surface area contributed by atoms with Crippen LogP contribution in [0.25, 0.3) is 0 Å². The van der Waals surface area contributed by atoms with Crippen molar-refractivity contribution in [2.45, 2.75) is 97.3 Å². The number of aryl methyl sites for hydroxylation is 1. The molecule has 0 heterocycles. The number of unbranched alkanes of at least 4 members (excludes halogenated alkanes) is 4. The predicted octanol–water partition coefficient (Wildman–Crippen LogP) is 8.84. The molecule has 0 aliphatic heterocycles. The lowest BCUT2D eigenvalue weighted by Gasteiger charge is -2.27. The summed E-state index contributed by atoms with van der Waals surface area (Å²) in [5.41, 5.74) is 1.73. The van der Waals surface area contributed by atoms with Gasteiger partial charge in [-0.3, -0.25) is 0 Å². The van der Waals surface area contributed by atoms with E-state index in [9.17, 15) is 13.2 Å². The average Bonchev–Trinajstić information content (AvgIpc) is 2.83. The van der Waals surface area contributed by atoms with Crippen molar-refractivity contribution in [3.05, 3.63) is 63.7 Å². The topological polar surface area (TPSA) is 9.23 Å². The van der Waals surface area contributed by atoms with Gasteiger partial charge in [0.1, 0.15) is 0 Å². The van der Waals surface area contributed by atoms with Gasteiger partial charge in [0.15, 0.2) is 23.2 Å². The Morgan fingerprint density at radius 1 is 0.912 bits per heavy atom. The number of hydrogen-bond acceptors (Lipinski definition) is 1. The molecule has 188 valence electrons. The molecule has 5 heteroatoms. The van der Waals surface area contributed by atoms with E-state index in [4.69, 9.17) is 4.74 Å². The smallest absolute Gasteiger partial charge is 0.200 e. The SMILES string of the molecule is CCCCCCOc1ccc(C2CCc3cc(CC(C)CCCC)c(F)c(F)c3C2)c(F)c1F. The largest absolute Gasteiger partial charge is 0.490 e. The fourth-order valence-corrected chi connectivity index (χ4v) is 5.03. The maximum atomic E-state index is 15.0. The van der Waals surface area contributed by atoms with Crippen molar-refractivity contribution in [2.24, 2.45) is 5.92 Å². The van der Waals surface area contributed by atoms with Crippen molar-refractivity contribution in [2.75, 3.05) is 6.61 Å². The van der Waals surface area contributed by atoms with Crippen molar-refractivity contribution in [3.8, 4) is 5.75 Å². The average molecular weight is 479 g/mol. The summed E-state index contributed by atoms with van der Waals surface area (Å²) in [7, 11) is 0. The zero-order chi connectivity index (χ0) is 24.7. The molecule has 2 aromatic rings. The Balaban J connectivity index is 1.73. The molecular weight excluding hydrogens is 440 g/mol. The molecule has 1 nitrogen and oxygen atoms in total. The van der Waals surface area contributed by atoms with Gasteiger partial charge >= 0.3 is 0 Å². The third-order valence-corrected chi connectivity index (χ3v) is 7.08. The first kappa shape index (κ1) is 26.6. The summed E-state index contributed by atoms with van der Waals surface area (Å²) in [5, 5.41) is 0. The van der Waals surface area contributed by atoms with Gasteiger partial charge in [0.25, 0.3) is 0 Å². The normalized spacial score (nSPS) is 16.4. The van der Waals surface area contributed by atoms with Gasteiger partial charge in [-0.2, -0.15) is 4.39 Å². The van der Waals surface area contributed by atoms with Crippen molar-refractivity contribution in [1.29, 1.82) is 0 Å². The van der Waals surface area contributed by atoms with Crippen LogP contribution < -0.4 is 4.74 Å². The summed E-state index contributed by atoms with van der Waals surface area (Å²) in [6.07, 6.45) is 8.85. The van der Waals surface area contributed by atoms with Crippen LogP contribution in [0.1, 0.15) is 100 Å². The van der Waals surface area contributed by atoms with Crippen molar-refractivity contribution >= 4 is 0 Å². The molecule has 0 aromatic heterocycles. The minimum Gasteiger partial charge on any atom is -0.490 e. The number of rotatable bonds is 12. The van der Waals surface area contributed by atoms with E-state index < -0.39 is 29.2 Å². The quantitative estimate of drug-likeness (QED) is 0.219. The van der Waals surface area contributed by atoms with Crippen LogP contribution in [0.15, 0.2) is 18.2 Å². The Hall–Kier alpha value is -2.04. The van der Waals surface area contributed by atoms with E-state index in [2.05, 4.69) is 20.8 Å². The van der Waals surface area contributed by atoms with Crippen LogP contribution in [0.2, 0.25) is 0 Å². The first-order valence-corrected chi connectivity index (χ1v) is 13.0.